The first-order chi connectivity index (χ1) is 17.4. The largest absolute Gasteiger partial charge is 0.496 e. The summed E-state index contributed by atoms with van der Waals surface area (Å²) in [7, 11) is 1.54. The highest BCUT2D eigenvalue weighted by Gasteiger charge is 2.64. The number of Topliss-reactive ketones (excluding diaryl/α,β-unsaturated/α-hetero) is 1. The van der Waals surface area contributed by atoms with E-state index in [2.05, 4.69) is 15.9 Å². The molecule has 0 spiro atoms. The van der Waals surface area contributed by atoms with Gasteiger partial charge in [-0.2, -0.15) is 0 Å². The van der Waals surface area contributed by atoms with Crippen LogP contribution in [0.3, 0.4) is 0 Å². The van der Waals surface area contributed by atoms with Gasteiger partial charge >= 0.3 is 0 Å². The fourth-order valence-electron chi connectivity index (χ4n) is 5.67. The maximum atomic E-state index is 14.1. The van der Waals surface area contributed by atoms with Gasteiger partial charge in [0, 0.05) is 11.3 Å². The number of benzene rings is 3. The Balaban J connectivity index is 1.49. The van der Waals surface area contributed by atoms with Gasteiger partial charge in [-0.15, -0.1) is 0 Å². The summed E-state index contributed by atoms with van der Waals surface area (Å²) in [4.78, 5) is 44.6. The second-order valence-electron chi connectivity index (χ2n) is 9.02. The zero-order valence-corrected chi connectivity index (χ0v) is 20.7. The van der Waals surface area contributed by atoms with Gasteiger partial charge in [-0.3, -0.25) is 14.4 Å². The molecule has 180 valence electrons. The predicted molar refractivity (Wildman–Crippen MR) is 136 cm³/mol. The van der Waals surface area contributed by atoms with E-state index in [1.54, 1.807) is 18.2 Å². The quantitative estimate of drug-likeness (QED) is 0.345. The third-order valence-electron chi connectivity index (χ3n) is 7.19. The Labute approximate surface area is 215 Å². The second kappa shape index (κ2) is 8.41. The topological polar surface area (TPSA) is 66.9 Å². The number of nitrogens with zero attached hydrogens (tertiary/aromatic N) is 2. The number of anilines is 2. The van der Waals surface area contributed by atoms with Crippen molar-refractivity contribution in [2.45, 2.75) is 12.1 Å². The maximum Gasteiger partial charge on any atom is 0.240 e. The van der Waals surface area contributed by atoms with Crippen LogP contribution in [0.15, 0.2) is 77.3 Å². The van der Waals surface area contributed by atoms with Gasteiger partial charge in [0.25, 0.3) is 0 Å². The average Bonchev–Trinajstić information content (AvgIpc) is 3.36. The molecule has 0 unspecified atom stereocenters. The standard InChI is InChI=1S/C28H20BrFN2O4/c1-36-22-12-10-16(13-19(22)29)26(33)25-24-23(21-11-9-15-5-2-3-8-20(15)32(21)25)27(34)31(28(24)35)18-7-4-6-17(30)14-18/h2-14,21,23-25H,1H3/t21-,23-,24+,25+/m1/s1. The molecule has 0 saturated carbocycles. The number of para-hydroxylation sites is 1. The summed E-state index contributed by atoms with van der Waals surface area (Å²) in [6.07, 6.45) is 3.81. The summed E-state index contributed by atoms with van der Waals surface area (Å²) >= 11 is 3.44. The van der Waals surface area contributed by atoms with E-state index in [4.69, 9.17) is 4.74 Å². The number of carbonyl (C=O) groups excluding carboxylic acids is 3. The smallest absolute Gasteiger partial charge is 0.240 e. The lowest BCUT2D eigenvalue weighted by Crippen LogP contribution is -2.48. The molecule has 3 aliphatic heterocycles. The first kappa shape index (κ1) is 22.7. The van der Waals surface area contributed by atoms with Gasteiger partial charge in [-0.25, -0.2) is 9.29 Å². The molecule has 0 aliphatic carbocycles. The second-order valence-corrected chi connectivity index (χ2v) is 9.87. The van der Waals surface area contributed by atoms with Crippen molar-refractivity contribution in [3.8, 4) is 5.75 Å². The monoisotopic (exact) mass is 546 g/mol. The predicted octanol–water partition coefficient (Wildman–Crippen LogP) is 4.87. The van der Waals surface area contributed by atoms with Crippen molar-refractivity contribution in [2.75, 3.05) is 16.9 Å². The number of imide groups is 1. The molecule has 3 aromatic carbocycles. The molecule has 3 heterocycles. The molecule has 0 aromatic heterocycles. The molecule has 2 fully saturated rings. The van der Waals surface area contributed by atoms with Gasteiger partial charge in [0.15, 0.2) is 5.78 Å². The highest BCUT2D eigenvalue weighted by molar-refractivity contribution is 9.10. The number of hydrogen-bond donors (Lipinski definition) is 0. The van der Waals surface area contributed by atoms with E-state index in [1.807, 2.05) is 41.3 Å². The zero-order chi connectivity index (χ0) is 25.1. The summed E-state index contributed by atoms with van der Waals surface area (Å²) in [5.41, 5.74) is 2.26. The number of ketones is 1. The number of fused-ring (bicyclic) bond motifs is 5. The molecule has 4 atom stereocenters. The van der Waals surface area contributed by atoms with Crippen LogP contribution in [0.25, 0.3) is 6.08 Å². The number of carbonyl (C=O) groups is 3. The lowest BCUT2D eigenvalue weighted by Gasteiger charge is -2.36. The molecule has 6 nitrogen and oxygen atoms in total. The molecule has 0 radical (unpaired) electrons. The van der Waals surface area contributed by atoms with E-state index >= 15 is 0 Å². The van der Waals surface area contributed by atoms with E-state index in [0.29, 0.717) is 15.8 Å². The normalized spacial score (nSPS) is 24.0. The summed E-state index contributed by atoms with van der Waals surface area (Å²) in [5, 5.41) is 0. The summed E-state index contributed by atoms with van der Waals surface area (Å²) in [5.74, 6) is -2.87. The van der Waals surface area contributed by atoms with Crippen molar-refractivity contribution in [3.63, 3.8) is 0 Å². The lowest BCUT2D eigenvalue weighted by molar-refractivity contribution is -0.122. The number of hydrogen-bond acceptors (Lipinski definition) is 5. The maximum absolute atomic E-state index is 14.1. The van der Waals surface area contributed by atoms with Gasteiger partial charge < -0.3 is 9.64 Å². The van der Waals surface area contributed by atoms with Crippen LogP contribution in [0.4, 0.5) is 15.8 Å². The Morgan fingerprint density at radius 3 is 2.50 bits per heavy atom. The van der Waals surface area contributed by atoms with Crippen LogP contribution in [-0.2, 0) is 9.59 Å². The molecular formula is C28H20BrFN2O4. The summed E-state index contributed by atoms with van der Waals surface area (Å²) < 4.78 is 19.9. The molecule has 0 N–H and O–H groups in total. The Morgan fingerprint density at radius 1 is 0.972 bits per heavy atom. The highest BCUT2D eigenvalue weighted by atomic mass is 79.9. The Bertz CT molecular complexity index is 1470. The van der Waals surface area contributed by atoms with Crippen molar-refractivity contribution in [3.05, 3.63) is 94.2 Å². The molecule has 2 saturated heterocycles. The molecule has 2 amide bonds. The number of rotatable bonds is 4. The summed E-state index contributed by atoms with van der Waals surface area (Å²) in [6.45, 7) is 0. The Hall–Kier alpha value is -3.78. The highest BCUT2D eigenvalue weighted by Crippen LogP contribution is 2.50. The minimum absolute atomic E-state index is 0.171. The van der Waals surface area contributed by atoms with Crippen molar-refractivity contribution >= 4 is 51.0 Å². The van der Waals surface area contributed by atoms with E-state index in [0.717, 1.165) is 22.2 Å². The van der Waals surface area contributed by atoms with Crippen molar-refractivity contribution < 1.29 is 23.5 Å². The van der Waals surface area contributed by atoms with Crippen LogP contribution in [0.1, 0.15) is 15.9 Å². The third-order valence-corrected chi connectivity index (χ3v) is 7.81. The number of halogens is 2. The molecule has 3 aromatic rings. The number of amides is 2. The van der Waals surface area contributed by atoms with Crippen LogP contribution in [0, 0.1) is 17.7 Å². The van der Waals surface area contributed by atoms with Gasteiger partial charge in [0.05, 0.1) is 35.1 Å². The van der Waals surface area contributed by atoms with Crippen molar-refractivity contribution in [1.82, 2.24) is 0 Å². The van der Waals surface area contributed by atoms with Crippen LogP contribution >= 0.6 is 15.9 Å². The van der Waals surface area contributed by atoms with E-state index in [1.165, 1.54) is 25.3 Å². The molecule has 36 heavy (non-hydrogen) atoms. The fraction of sp³-hybridized carbons (Fsp3) is 0.179. The number of methoxy groups -OCH3 is 1. The molecule has 3 aliphatic rings. The zero-order valence-electron chi connectivity index (χ0n) is 19.1. The first-order valence-corrected chi connectivity index (χ1v) is 12.3. The minimum Gasteiger partial charge on any atom is -0.496 e. The Morgan fingerprint density at radius 2 is 1.75 bits per heavy atom. The average molecular weight is 547 g/mol. The van der Waals surface area contributed by atoms with E-state index in [-0.39, 0.29) is 11.5 Å². The lowest BCUT2D eigenvalue weighted by atomic mass is 9.86. The van der Waals surface area contributed by atoms with Crippen molar-refractivity contribution in [2.24, 2.45) is 11.8 Å². The van der Waals surface area contributed by atoms with Gasteiger partial charge in [-0.1, -0.05) is 36.4 Å². The molecular weight excluding hydrogens is 527 g/mol. The van der Waals surface area contributed by atoms with Gasteiger partial charge in [-0.05, 0) is 64.0 Å². The van der Waals surface area contributed by atoms with Crippen LogP contribution in [-0.4, -0.2) is 36.8 Å². The fourth-order valence-corrected chi connectivity index (χ4v) is 6.21. The third kappa shape index (κ3) is 3.24. The van der Waals surface area contributed by atoms with E-state index in [9.17, 15) is 18.8 Å². The van der Waals surface area contributed by atoms with E-state index < -0.39 is 41.6 Å². The molecule has 0 bridgehead atoms. The van der Waals surface area contributed by atoms with Crippen LogP contribution in [0.5, 0.6) is 5.75 Å². The van der Waals surface area contributed by atoms with Crippen LogP contribution < -0.4 is 14.5 Å². The summed E-state index contributed by atoms with van der Waals surface area (Å²) in [6, 6.07) is 16.6. The van der Waals surface area contributed by atoms with Crippen LogP contribution in [0.2, 0.25) is 0 Å². The van der Waals surface area contributed by atoms with Gasteiger partial charge in [0.2, 0.25) is 11.8 Å². The number of ether oxygens (including phenoxy) is 1. The SMILES string of the molecule is COc1ccc(C(=O)[C@@H]2[C@H]3C(=O)N(c4cccc(F)c4)C(=O)[C@@H]3[C@H]3C=Cc4ccccc4N32)cc1Br. The van der Waals surface area contributed by atoms with Gasteiger partial charge in [0.1, 0.15) is 17.6 Å². The van der Waals surface area contributed by atoms with Crippen molar-refractivity contribution in [1.29, 1.82) is 0 Å². The first-order valence-electron chi connectivity index (χ1n) is 11.5. The molecule has 8 heteroatoms. The Kier molecular flexibility index (Phi) is 5.30. The minimum atomic E-state index is -0.921. The molecule has 6 rings (SSSR count).